The van der Waals surface area contributed by atoms with Crippen LogP contribution in [0, 0.1) is 13.8 Å². The van der Waals surface area contributed by atoms with E-state index in [-0.39, 0.29) is 0 Å². The summed E-state index contributed by atoms with van der Waals surface area (Å²) in [6.45, 7) is 4.14. The molecule has 74 valence electrons. The van der Waals surface area contributed by atoms with Crippen molar-refractivity contribution >= 4 is 32.9 Å². The van der Waals surface area contributed by atoms with Gasteiger partial charge in [0.15, 0.2) is 0 Å². The van der Waals surface area contributed by atoms with E-state index in [2.05, 4.69) is 18.4 Å². The Labute approximate surface area is 95.3 Å². The number of hydrogen-bond donors (Lipinski definition) is 0. The van der Waals surface area contributed by atoms with Crippen LogP contribution in [0.2, 0.25) is 0 Å². The third kappa shape index (κ3) is 2.19. The lowest BCUT2D eigenvalue weighted by atomic mass is 10.5. The van der Waals surface area contributed by atoms with Gasteiger partial charge in [-0.2, -0.15) is 0 Å². The fraction of sp³-hybridized carbons (Fsp3) is 0.200. The number of furan rings is 1. The van der Waals surface area contributed by atoms with Crippen LogP contribution in [-0.2, 0) is 0 Å². The first-order valence-corrected chi connectivity index (χ1v) is 7.23. The summed E-state index contributed by atoms with van der Waals surface area (Å²) in [7, 11) is 3.55. The van der Waals surface area contributed by atoms with Crippen molar-refractivity contribution in [1.82, 2.24) is 0 Å². The molecule has 2 rings (SSSR count). The second-order valence-corrected chi connectivity index (χ2v) is 6.18. The zero-order valence-electron chi connectivity index (χ0n) is 7.94. The van der Waals surface area contributed by atoms with Gasteiger partial charge >= 0.3 is 0 Å². The quantitative estimate of drug-likeness (QED) is 0.721. The Morgan fingerprint density at radius 1 is 1.14 bits per heavy atom. The third-order valence-corrected chi connectivity index (χ3v) is 5.45. The molecular formula is C10H10OS3. The smallest absolute Gasteiger partial charge is 0.115 e. The van der Waals surface area contributed by atoms with Crippen molar-refractivity contribution in [3.8, 4) is 0 Å². The highest BCUT2D eigenvalue weighted by atomic mass is 33.1. The molecule has 0 radical (unpaired) electrons. The highest BCUT2D eigenvalue weighted by Gasteiger charge is 2.05. The number of hydrogen-bond acceptors (Lipinski definition) is 4. The summed E-state index contributed by atoms with van der Waals surface area (Å²) in [6, 6.07) is 4.17. The Kier molecular flexibility index (Phi) is 3.26. The van der Waals surface area contributed by atoms with Gasteiger partial charge in [-0.25, -0.2) is 0 Å². The van der Waals surface area contributed by atoms with Crippen molar-refractivity contribution in [1.29, 1.82) is 0 Å². The summed E-state index contributed by atoms with van der Waals surface area (Å²) >= 11 is 1.79. The SMILES string of the molecule is Cc1occc1SSc1ccsc1C. The molecule has 0 bridgehead atoms. The van der Waals surface area contributed by atoms with E-state index in [0.717, 1.165) is 5.76 Å². The molecule has 0 fully saturated rings. The molecule has 0 saturated carbocycles. The van der Waals surface area contributed by atoms with Crippen LogP contribution < -0.4 is 0 Å². The van der Waals surface area contributed by atoms with E-state index < -0.39 is 0 Å². The van der Waals surface area contributed by atoms with Gasteiger partial charge in [-0.1, -0.05) is 10.8 Å². The van der Waals surface area contributed by atoms with E-state index >= 15 is 0 Å². The fourth-order valence-corrected chi connectivity index (χ4v) is 4.41. The highest BCUT2D eigenvalue weighted by Crippen LogP contribution is 2.41. The maximum absolute atomic E-state index is 5.23. The van der Waals surface area contributed by atoms with Crippen LogP contribution in [0.25, 0.3) is 0 Å². The molecular weight excluding hydrogens is 232 g/mol. The van der Waals surface area contributed by atoms with Gasteiger partial charge < -0.3 is 4.42 Å². The minimum absolute atomic E-state index is 0.996. The highest BCUT2D eigenvalue weighted by molar-refractivity contribution is 8.76. The van der Waals surface area contributed by atoms with Crippen molar-refractivity contribution < 1.29 is 4.42 Å². The molecule has 0 aliphatic heterocycles. The Balaban J connectivity index is 2.02. The van der Waals surface area contributed by atoms with Crippen LogP contribution in [0.1, 0.15) is 10.6 Å². The van der Waals surface area contributed by atoms with Crippen molar-refractivity contribution in [2.75, 3.05) is 0 Å². The van der Waals surface area contributed by atoms with E-state index in [1.54, 1.807) is 39.2 Å². The average molecular weight is 242 g/mol. The second kappa shape index (κ2) is 4.47. The molecule has 4 heteroatoms. The molecule has 2 aromatic rings. The monoisotopic (exact) mass is 242 g/mol. The largest absolute Gasteiger partial charge is 0.468 e. The summed E-state index contributed by atoms with van der Waals surface area (Å²) < 4.78 is 5.23. The van der Waals surface area contributed by atoms with E-state index in [9.17, 15) is 0 Å². The molecule has 0 aliphatic rings. The molecule has 0 saturated heterocycles. The summed E-state index contributed by atoms with van der Waals surface area (Å²) in [5.74, 6) is 0.996. The lowest BCUT2D eigenvalue weighted by Gasteiger charge is -1.97. The lowest BCUT2D eigenvalue weighted by molar-refractivity contribution is 0.527. The zero-order chi connectivity index (χ0) is 9.97. The Hall–Kier alpha value is -0.320. The van der Waals surface area contributed by atoms with E-state index in [0.29, 0.717) is 0 Å². The summed E-state index contributed by atoms with van der Waals surface area (Å²) in [6.07, 6.45) is 1.73. The standard InChI is InChI=1S/C10H10OS3/c1-7-9(3-5-11-7)13-14-10-4-6-12-8(10)2/h3-6H,1-2H3. The predicted molar refractivity (Wildman–Crippen MR) is 64.2 cm³/mol. The average Bonchev–Trinajstić information content (AvgIpc) is 2.72. The van der Waals surface area contributed by atoms with Crippen molar-refractivity contribution in [3.05, 3.63) is 34.4 Å². The molecule has 0 aromatic carbocycles. The normalized spacial score (nSPS) is 10.7. The Morgan fingerprint density at radius 3 is 2.50 bits per heavy atom. The van der Waals surface area contributed by atoms with Crippen LogP contribution in [0.5, 0.6) is 0 Å². The molecule has 0 amide bonds. The van der Waals surface area contributed by atoms with Gasteiger partial charge in [-0.3, -0.25) is 0 Å². The van der Waals surface area contributed by atoms with Crippen LogP contribution in [0.15, 0.2) is 38.0 Å². The minimum Gasteiger partial charge on any atom is -0.468 e. The van der Waals surface area contributed by atoms with E-state index in [4.69, 9.17) is 4.42 Å². The molecule has 0 spiro atoms. The first kappa shape index (κ1) is 10.2. The van der Waals surface area contributed by atoms with Gasteiger partial charge in [0, 0.05) is 9.77 Å². The van der Waals surface area contributed by atoms with Crippen LogP contribution in [0.3, 0.4) is 0 Å². The fourth-order valence-electron chi connectivity index (χ4n) is 1.01. The molecule has 1 nitrogen and oxygen atoms in total. The van der Waals surface area contributed by atoms with Gasteiger partial charge in [-0.05, 0) is 42.2 Å². The van der Waals surface area contributed by atoms with E-state index in [1.807, 2.05) is 13.0 Å². The molecule has 0 N–H and O–H groups in total. The van der Waals surface area contributed by atoms with Crippen LogP contribution in [-0.4, -0.2) is 0 Å². The molecule has 2 heterocycles. The van der Waals surface area contributed by atoms with Crippen molar-refractivity contribution in [2.24, 2.45) is 0 Å². The first-order chi connectivity index (χ1) is 6.77. The Bertz CT molecular complexity index is 376. The predicted octanol–water partition coefficient (Wildman–Crippen LogP) is 4.76. The third-order valence-electron chi connectivity index (χ3n) is 1.84. The van der Waals surface area contributed by atoms with Gasteiger partial charge in [-0.15, -0.1) is 11.3 Å². The number of thiophene rings is 1. The first-order valence-electron chi connectivity index (χ1n) is 4.20. The molecule has 14 heavy (non-hydrogen) atoms. The van der Waals surface area contributed by atoms with Gasteiger partial charge in [0.05, 0.1) is 11.2 Å². The second-order valence-electron chi connectivity index (χ2n) is 2.85. The van der Waals surface area contributed by atoms with Gasteiger partial charge in [0.25, 0.3) is 0 Å². The van der Waals surface area contributed by atoms with Gasteiger partial charge in [0.2, 0.25) is 0 Å². The van der Waals surface area contributed by atoms with E-state index in [1.165, 1.54) is 14.7 Å². The lowest BCUT2D eigenvalue weighted by Crippen LogP contribution is -1.67. The zero-order valence-corrected chi connectivity index (χ0v) is 10.4. The van der Waals surface area contributed by atoms with Crippen LogP contribution >= 0.6 is 32.9 Å². The van der Waals surface area contributed by atoms with Gasteiger partial charge in [0.1, 0.15) is 5.76 Å². The van der Waals surface area contributed by atoms with Crippen LogP contribution in [0.4, 0.5) is 0 Å². The molecule has 2 aromatic heterocycles. The Morgan fingerprint density at radius 2 is 1.93 bits per heavy atom. The minimum atomic E-state index is 0.996. The maximum Gasteiger partial charge on any atom is 0.115 e. The number of aryl methyl sites for hydroxylation is 2. The molecule has 0 atom stereocenters. The summed E-state index contributed by atoms with van der Waals surface area (Å²) in [5, 5.41) is 2.13. The topological polar surface area (TPSA) is 13.1 Å². The maximum atomic E-state index is 5.23. The summed E-state index contributed by atoms with van der Waals surface area (Å²) in [5.41, 5.74) is 0. The molecule has 0 aliphatic carbocycles. The molecule has 0 unspecified atom stereocenters. The van der Waals surface area contributed by atoms with Crippen molar-refractivity contribution in [3.63, 3.8) is 0 Å². The number of rotatable bonds is 3. The van der Waals surface area contributed by atoms with Crippen molar-refractivity contribution in [2.45, 2.75) is 23.6 Å². The summed E-state index contributed by atoms with van der Waals surface area (Å²) in [4.78, 5) is 3.94.